The number of carbonyl (C=O) groups is 3. The summed E-state index contributed by atoms with van der Waals surface area (Å²) in [6, 6.07) is 15.2. The van der Waals surface area contributed by atoms with Crippen LogP contribution in [0, 0.1) is 51.4 Å². The highest BCUT2D eigenvalue weighted by Gasteiger charge is 2.50. The molecule has 0 fully saturated rings. The molecule has 0 saturated heterocycles. The van der Waals surface area contributed by atoms with Crippen molar-refractivity contribution in [1.29, 1.82) is 0 Å². The van der Waals surface area contributed by atoms with Crippen molar-refractivity contribution in [3.05, 3.63) is 94.6 Å². The van der Waals surface area contributed by atoms with Gasteiger partial charge in [-0.1, -0.05) is 56.0 Å². The standard InChI is InChI=1S/C40H44F4N2O5.H2/c1-37(2,36(49)51-33-31(43)28(41)23-29(42)32(33)44)20-22-50-38(3,4)19-21-45-34(47)39(5,6)40(7,8)35(48)46-24-27-15-10-9-13-25(27)17-18-26-14-11-12-16-30(26)46;/h9-16,23H,19-22,24H2,1-8H3,(H,45,47);1H. The fraction of sp³-hybridized carbons (Fsp3) is 0.425. The predicted octanol–water partition coefficient (Wildman–Crippen LogP) is 8.11. The van der Waals surface area contributed by atoms with E-state index in [1.165, 1.54) is 13.8 Å². The summed E-state index contributed by atoms with van der Waals surface area (Å²) >= 11 is 0. The molecule has 1 aliphatic heterocycles. The number of amides is 2. The van der Waals surface area contributed by atoms with Crippen LogP contribution in [-0.2, 0) is 25.7 Å². The van der Waals surface area contributed by atoms with Crippen molar-refractivity contribution < 1.29 is 42.8 Å². The van der Waals surface area contributed by atoms with Crippen LogP contribution in [0.5, 0.6) is 5.75 Å². The third kappa shape index (κ3) is 8.45. The van der Waals surface area contributed by atoms with Crippen LogP contribution in [0.15, 0.2) is 54.6 Å². The van der Waals surface area contributed by atoms with Crippen molar-refractivity contribution in [1.82, 2.24) is 5.32 Å². The van der Waals surface area contributed by atoms with Crippen molar-refractivity contribution >= 4 is 23.5 Å². The first-order valence-corrected chi connectivity index (χ1v) is 16.7. The van der Waals surface area contributed by atoms with E-state index in [-0.39, 0.29) is 38.9 Å². The quantitative estimate of drug-likeness (QED) is 0.0675. The van der Waals surface area contributed by atoms with Crippen LogP contribution in [0.3, 0.4) is 0 Å². The first kappa shape index (κ1) is 39.1. The minimum Gasteiger partial charge on any atom is -0.420 e. The highest BCUT2D eigenvalue weighted by Crippen LogP contribution is 2.42. The lowest BCUT2D eigenvalue weighted by atomic mass is 9.66. The summed E-state index contributed by atoms with van der Waals surface area (Å²) in [5, 5.41) is 2.95. The fourth-order valence-corrected chi connectivity index (χ4v) is 5.38. The Morgan fingerprint density at radius 1 is 0.804 bits per heavy atom. The molecule has 3 aromatic carbocycles. The van der Waals surface area contributed by atoms with Gasteiger partial charge < -0.3 is 19.7 Å². The number of hydrogen-bond donors (Lipinski definition) is 1. The summed E-state index contributed by atoms with van der Waals surface area (Å²) in [5.41, 5.74) is -1.30. The van der Waals surface area contributed by atoms with Gasteiger partial charge in [0.05, 0.1) is 34.1 Å². The molecule has 3 aromatic rings. The minimum atomic E-state index is -1.81. The normalized spacial score (nSPS) is 13.2. The molecule has 0 spiro atoms. The maximum absolute atomic E-state index is 14.4. The van der Waals surface area contributed by atoms with Crippen LogP contribution in [0.4, 0.5) is 23.2 Å². The van der Waals surface area contributed by atoms with E-state index >= 15 is 0 Å². The Morgan fingerprint density at radius 3 is 2.02 bits per heavy atom. The topological polar surface area (TPSA) is 84.9 Å². The molecule has 0 saturated carbocycles. The van der Waals surface area contributed by atoms with Gasteiger partial charge in [-0.3, -0.25) is 14.4 Å². The average molecular weight is 711 g/mol. The van der Waals surface area contributed by atoms with Crippen LogP contribution in [0.2, 0.25) is 0 Å². The van der Waals surface area contributed by atoms with Gasteiger partial charge in [-0.05, 0) is 78.1 Å². The molecule has 11 heteroatoms. The molecular formula is C40H46F4N2O5. The van der Waals surface area contributed by atoms with Crippen molar-refractivity contribution in [2.45, 2.75) is 80.4 Å². The van der Waals surface area contributed by atoms with E-state index in [4.69, 9.17) is 9.47 Å². The van der Waals surface area contributed by atoms with E-state index in [0.717, 1.165) is 11.1 Å². The average Bonchev–Trinajstić information content (AvgIpc) is 3.06. The first-order chi connectivity index (χ1) is 23.7. The number of nitrogens with one attached hydrogen (secondary N) is 1. The van der Waals surface area contributed by atoms with E-state index in [0.29, 0.717) is 24.2 Å². The molecule has 7 nitrogen and oxygen atoms in total. The van der Waals surface area contributed by atoms with Gasteiger partial charge in [0, 0.05) is 31.8 Å². The predicted molar refractivity (Wildman–Crippen MR) is 188 cm³/mol. The van der Waals surface area contributed by atoms with E-state index < -0.39 is 56.8 Å². The molecule has 0 radical (unpaired) electrons. The second kappa shape index (κ2) is 14.9. The molecule has 274 valence electrons. The largest absolute Gasteiger partial charge is 0.420 e. The zero-order chi connectivity index (χ0) is 37.9. The van der Waals surface area contributed by atoms with Gasteiger partial charge in [-0.2, -0.15) is 8.78 Å². The Bertz CT molecular complexity index is 1870. The summed E-state index contributed by atoms with van der Waals surface area (Å²) in [4.78, 5) is 42.5. The van der Waals surface area contributed by atoms with Gasteiger partial charge in [0.1, 0.15) is 0 Å². The van der Waals surface area contributed by atoms with Gasteiger partial charge in [-0.25, -0.2) is 8.78 Å². The molecule has 51 heavy (non-hydrogen) atoms. The highest BCUT2D eigenvalue weighted by atomic mass is 19.2. The fourth-order valence-electron chi connectivity index (χ4n) is 5.38. The molecule has 1 heterocycles. The number of rotatable bonds is 12. The zero-order valence-electron chi connectivity index (χ0n) is 30.2. The van der Waals surface area contributed by atoms with E-state index in [1.54, 1.807) is 46.4 Å². The van der Waals surface area contributed by atoms with Gasteiger partial charge in [-0.15, -0.1) is 0 Å². The smallest absolute Gasteiger partial charge is 0.317 e. The molecule has 0 unspecified atom stereocenters. The number of carbonyl (C=O) groups excluding carboxylic acids is 3. The lowest BCUT2D eigenvalue weighted by Crippen LogP contribution is -2.55. The summed E-state index contributed by atoms with van der Waals surface area (Å²) in [5.74, 6) is -3.69. The summed E-state index contributed by atoms with van der Waals surface area (Å²) < 4.78 is 65.9. The molecule has 0 aromatic heterocycles. The number of benzene rings is 3. The van der Waals surface area contributed by atoms with E-state index in [9.17, 15) is 31.9 Å². The number of ether oxygens (including phenoxy) is 2. The van der Waals surface area contributed by atoms with Crippen molar-refractivity contribution in [2.24, 2.45) is 16.2 Å². The molecule has 0 atom stereocenters. The van der Waals surface area contributed by atoms with Gasteiger partial charge in [0.25, 0.3) is 0 Å². The SMILES string of the molecule is CC(C)(CCNC(=O)C(C)(C)C(C)(C)C(=O)N1Cc2ccccc2C#Cc2ccccc21)OCCC(C)(C)C(=O)Oc1c(F)c(F)cc(F)c1F.[HH]. The lowest BCUT2D eigenvalue weighted by Gasteiger charge is -2.42. The maximum Gasteiger partial charge on any atom is 0.317 e. The van der Waals surface area contributed by atoms with Crippen LogP contribution in [0.25, 0.3) is 0 Å². The van der Waals surface area contributed by atoms with Crippen molar-refractivity contribution in [3.63, 3.8) is 0 Å². The summed E-state index contributed by atoms with van der Waals surface area (Å²) in [6.07, 6.45) is 0.406. The van der Waals surface area contributed by atoms with Crippen molar-refractivity contribution in [2.75, 3.05) is 18.1 Å². The number of anilines is 1. The molecule has 1 aliphatic rings. The Morgan fingerprint density at radius 2 is 1.37 bits per heavy atom. The zero-order valence-corrected chi connectivity index (χ0v) is 30.2. The number of esters is 1. The number of hydrogen-bond acceptors (Lipinski definition) is 5. The van der Waals surface area contributed by atoms with E-state index in [2.05, 4.69) is 17.2 Å². The summed E-state index contributed by atoms with van der Waals surface area (Å²) in [7, 11) is 0. The lowest BCUT2D eigenvalue weighted by molar-refractivity contribution is -0.147. The second-order valence-corrected chi connectivity index (χ2v) is 15.0. The molecule has 2 amide bonds. The van der Waals surface area contributed by atoms with Gasteiger partial charge in [0.2, 0.25) is 29.2 Å². The Hall–Kier alpha value is -4.69. The maximum atomic E-state index is 14.4. The van der Waals surface area contributed by atoms with Crippen LogP contribution in [-0.4, -0.2) is 36.5 Å². The minimum absolute atomic E-state index is 0. The van der Waals surface area contributed by atoms with Gasteiger partial charge in [0.15, 0.2) is 11.6 Å². The third-order valence-electron chi connectivity index (χ3n) is 9.83. The number of nitrogens with zero attached hydrogens (tertiary/aromatic N) is 1. The number of halogens is 4. The highest BCUT2D eigenvalue weighted by molar-refractivity contribution is 6.02. The third-order valence-corrected chi connectivity index (χ3v) is 9.83. The second-order valence-electron chi connectivity index (χ2n) is 15.0. The van der Waals surface area contributed by atoms with Crippen LogP contribution >= 0.6 is 0 Å². The Kier molecular flexibility index (Phi) is 11.4. The van der Waals surface area contributed by atoms with Gasteiger partial charge >= 0.3 is 5.97 Å². The van der Waals surface area contributed by atoms with Crippen molar-refractivity contribution in [3.8, 4) is 17.6 Å². The molecule has 0 bridgehead atoms. The van der Waals surface area contributed by atoms with E-state index in [1.807, 2.05) is 48.5 Å². The number of fused-ring (bicyclic) bond motifs is 2. The molecule has 0 aliphatic carbocycles. The molecular weight excluding hydrogens is 664 g/mol. The molecule has 4 rings (SSSR count). The van der Waals surface area contributed by atoms with Crippen LogP contribution < -0.4 is 15.0 Å². The first-order valence-electron chi connectivity index (χ1n) is 16.7. The Balaban J connectivity index is 0.00000729. The van der Waals surface area contributed by atoms with Crippen LogP contribution in [0.1, 0.15) is 86.3 Å². The summed E-state index contributed by atoms with van der Waals surface area (Å²) in [6.45, 7) is 14.0. The molecule has 1 N–H and O–H groups in total. The Labute approximate surface area is 298 Å². The number of para-hydroxylation sites is 1. The monoisotopic (exact) mass is 710 g/mol.